The van der Waals surface area contributed by atoms with Crippen molar-refractivity contribution in [3.63, 3.8) is 0 Å². The van der Waals surface area contributed by atoms with E-state index in [1.807, 2.05) is 41.5 Å². The van der Waals surface area contributed by atoms with Gasteiger partial charge in [0.15, 0.2) is 0 Å². The van der Waals surface area contributed by atoms with Gasteiger partial charge < -0.3 is 5.11 Å². The highest BCUT2D eigenvalue weighted by Gasteiger charge is 2.27. The first-order chi connectivity index (χ1) is 7.94. The monoisotopic (exact) mass is 266 g/mol. The van der Waals surface area contributed by atoms with Crippen LogP contribution in [-0.2, 0) is 10.8 Å². The molecular weight excluding hydrogens is 244 g/mol. The van der Waals surface area contributed by atoms with Gasteiger partial charge in [0.25, 0.3) is 0 Å². The fourth-order valence-electron chi connectivity index (χ4n) is 1.90. The Morgan fingerprint density at radius 3 is 1.56 bits per heavy atom. The van der Waals surface area contributed by atoms with Crippen LogP contribution in [0.15, 0.2) is 12.1 Å². The molecule has 3 heteroatoms. The molecule has 18 heavy (non-hydrogen) atoms. The van der Waals surface area contributed by atoms with Crippen molar-refractivity contribution >= 4 is 17.7 Å². The second-order valence-electron chi connectivity index (χ2n) is 6.73. The molecule has 0 unspecified atom stereocenters. The van der Waals surface area contributed by atoms with E-state index in [1.54, 1.807) is 12.1 Å². The molecule has 0 saturated carbocycles. The summed E-state index contributed by atoms with van der Waals surface area (Å²) in [6.45, 7) is 12.1. The highest BCUT2D eigenvalue weighted by Crippen LogP contribution is 2.39. The van der Waals surface area contributed by atoms with Crippen molar-refractivity contribution in [1.82, 2.24) is 0 Å². The summed E-state index contributed by atoms with van der Waals surface area (Å²) in [6, 6.07) is 3.47. The van der Waals surface area contributed by atoms with Crippen LogP contribution >= 0.6 is 12.6 Å². The lowest BCUT2D eigenvalue weighted by Crippen LogP contribution is -2.18. The van der Waals surface area contributed by atoms with Crippen LogP contribution in [0.4, 0.5) is 0 Å². The summed E-state index contributed by atoms with van der Waals surface area (Å²) in [5.41, 5.74) is 1.66. The first-order valence-corrected chi connectivity index (χ1v) is 6.50. The third-order valence-corrected chi connectivity index (χ3v) is 3.23. The Balaban J connectivity index is 3.64. The van der Waals surface area contributed by atoms with Crippen LogP contribution in [0.2, 0.25) is 0 Å². The van der Waals surface area contributed by atoms with Crippen LogP contribution in [0.3, 0.4) is 0 Å². The Kier molecular flexibility index (Phi) is 3.87. The zero-order chi connectivity index (χ0) is 14.3. The number of carbonyl (C=O) groups excluding carboxylic acids is 1. The average molecular weight is 266 g/mol. The molecule has 0 spiro atoms. The fraction of sp³-hybridized carbons (Fsp3) is 0.533. The van der Waals surface area contributed by atoms with Crippen molar-refractivity contribution in [2.75, 3.05) is 0 Å². The minimum Gasteiger partial charge on any atom is -0.507 e. The second kappa shape index (κ2) is 4.61. The van der Waals surface area contributed by atoms with E-state index in [2.05, 4.69) is 12.6 Å². The molecular formula is C15H22O2S. The number of thiol groups is 1. The molecule has 0 heterocycles. The molecule has 0 radical (unpaired) electrons. The molecule has 0 aromatic heterocycles. The predicted octanol–water partition coefficient (Wildman–Crippen LogP) is 4.06. The number of hydrogen-bond acceptors (Lipinski definition) is 2. The van der Waals surface area contributed by atoms with Crippen LogP contribution in [0.25, 0.3) is 0 Å². The molecule has 0 amide bonds. The highest BCUT2D eigenvalue weighted by molar-refractivity contribution is 7.97. The maximum absolute atomic E-state index is 11.5. The molecule has 1 N–H and O–H groups in total. The lowest BCUT2D eigenvalue weighted by Gasteiger charge is -2.27. The van der Waals surface area contributed by atoms with Gasteiger partial charge in [0.2, 0.25) is 5.12 Å². The molecule has 0 bridgehead atoms. The normalized spacial score (nSPS) is 12.6. The summed E-state index contributed by atoms with van der Waals surface area (Å²) in [4.78, 5) is 11.5. The second-order valence-corrected chi connectivity index (χ2v) is 7.13. The third kappa shape index (κ3) is 3.08. The minimum absolute atomic E-state index is 0.219. The van der Waals surface area contributed by atoms with Crippen LogP contribution in [-0.4, -0.2) is 10.2 Å². The summed E-state index contributed by atoms with van der Waals surface area (Å²) in [6.07, 6.45) is 0. The van der Waals surface area contributed by atoms with E-state index in [1.165, 1.54) is 0 Å². The van der Waals surface area contributed by atoms with Crippen LogP contribution in [0.1, 0.15) is 63.0 Å². The summed E-state index contributed by atoms with van der Waals surface area (Å²) in [5.74, 6) is 0.285. The Morgan fingerprint density at radius 1 is 1.00 bits per heavy atom. The van der Waals surface area contributed by atoms with E-state index in [0.29, 0.717) is 5.56 Å². The van der Waals surface area contributed by atoms with E-state index in [0.717, 1.165) is 11.1 Å². The minimum atomic E-state index is -0.272. The van der Waals surface area contributed by atoms with Crippen LogP contribution < -0.4 is 0 Å². The van der Waals surface area contributed by atoms with Gasteiger partial charge in [-0.15, -0.1) is 12.6 Å². The topological polar surface area (TPSA) is 37.3 Å². The molecule has 2 nitrogen and oxygen atoms in total. The number of phenols is 1. The van der Waals surface area contributed by atoms with Gasteiger partial charge >= 0.3 is 0 Å². The third-order valence-electron chi connectivity index (χ3n) is 2.97. The Bertz CT molecular complexity index is 441. The molecule has 1 aromatic carbocycles. The van der Waals surface area contributed by atoms with Crippen LogP contribution in [0, 0.1) is 0 Å². The van der Waals surface area contributed by atoms with E-state index in [4.69, 9.17) is 0 Å². The zero-order valence-electron chi connectivity index (χ0n) is 12.0. The van der Waals surface area contributed by atoms with Crippen molar-refractivity contribution in [3.8, 4) is 5.75 Å². The van der Waals surface area contributed by atoms with Crippen molar-refractivity contribution < 1.29 is 9.90 Å². The van der Waals surface area contributed by atoms with Gasteiger partial charge in [-0.05, 0) is 23.0 Å². The number of hydrogen-bond donors (Lipinski definition) is 2. The standard InChI is InChI=1S/C15H22O2S/c1-14(2,3)10-7-9(13(17)18)8-11(12(10)16)15(4,5)6/h7-8,16H,1-6H3,(H,17,18). The Morgan fingerprint density at radius 2 is 1.33 bits per heavy atom. The number of benzene rings is 1. The van der Waals surface area contributed by atoms with E-state index < -0.39 is 0 Å². The van der Waals surface area contributed by atoms with Crippen molar-refractivity contribution in [1.29, 1.82) is 0 Å². The van der Waals surface area contributed by atoms with Gasteiger partial charge in [-0.3, -0.25) is 4.79 Å². The van der Waals surface area contributed by atoms with Crippen molar-refractivity contribution in [2.45, 2.75) is 52.4 Å². The van der Waals surface area contributed by atoms with Gasteiger partial charge in [-0.1, -0.05) is 41.5 Å². The Labute approximate surface area is 115 Å². The molecule has 0 fully saturated rings. The summed E-state index contributed by atoms with van der Waals surface area (Å²) < 4.78 is 0. The molecule has 0 saturated heterocycles. The number of carbonyl (C=O) groups is 1. The SMILES string of the molecule is CC(C)(C)c1cc(C(=O)S)cc(C(C)(C)C)c1O. The summed E-state index contributed by atoms with van der Waals surface area (Å²) in [5, 5.41) is 10.2. The first-order valence-electron chi connectivity index (χ1n) is 6.06. The van der Waals surface area contributed by atoms with E-state index in [-0.39, 0.29) is 21.7 Å². The van der Waals surface area contributed by atoms with Crippen LogP contribution in [0.5, 0.6) is 5.75 Å². The average Bonchev–Trinajstić information content (AvgIpc) is 2.13. The first kappa shape index (κ1) is 15.1. The quantitative estimate of drug-likeness (QED) is 0.752. The number of rotatable bonds is 1. The van der Waals surface area contributed by atoms with E-state index in [9.17, 15) is 9.90 Å². The summed E-state index contributed by atoms with van der Waals surface area (Å²) in [7, 11) is 0. The molecule has 0 aliphatic rings. The molecule has 1 aromatic rings. The molecule has 1 rings (SSSR count). The molecule has 0 aliphatic carbocycles. The van der Waals surface area contributed by atoms with Crippen molar-refractivity contribution in [2.24, 2.45) is 0 Å². The number of phenolic OH excluding ortho intramolecular Hbond substituents is 1. The lowest BCUT2D eigenvalue weighted by molar-refractivity contribution is 0.109. The maximum Gasteiger partial charge on any atom is 0.216 e. The van der Waals surface area contributed by atoms with Gasteiger partial charge in [0, 0.05) is 16.7 Å². The largest absolute Gasteiger partial charge is 0.507 e. The summed E-state index contributed by atoms with van der Waals surface area (Å²) >= 11 is 3.89. The number of aromatic hydroxyl groups is 1. The smallest absolute Gasteiger partial charge is 0.216 e. The fourth-order valence-corrected chi connectivity index (χ4v) is 2.03. The predicted molar refractivity (Wildman–Crippen MR) is 78.8 cm³/mol. The lowest BCUT2D eigenvalue weighted by atomic mass is 9.78. The molecule has 0 aliphatic heterocycles. The van der Waals surface area contributed by atoms with Gasteiger partial charge in [0.1, 0.15) is 5.75 Å². The molecule has 0 atom stereocenters. The molecule has 100 valence electrons. The maximum atomic E-state index is 11.5. The van der Waals surface area contributed by atoms with Crippen molar-refractivity contribution in [3.05, 3.63) is 28.8 Å². The Hall–Kier alpha value is -0.960. The van der Waals surface area contributed by atoms with Gasteiger partial charge in [-0.2, -0.15) is 0 Å². The van der Waals surface area contributed by atoms with Gasteiger partial charge in [0.05, 0.1) is 0 Å². The highest BCUT2D eigenvalue weighted by atomic mass is 32.1. The zero-order valence-corrected chi connectivity index (χ0v) is 12.9. The van der Waals surface area contributed by atoms with Gasteiger partial charge in [-0.25, -0.2) is 0 Å². The van der Waals surface area contributed by atoms with E-state index >= 15 is 0 Å².